The summed E-state index contributed by atoms with van der Waals surface area (Å²) in [6.07, 6.45) is 3.42. The molecule has 1 aliphatic rings. The van der Waals surface area contributed by atoms with Crippen LogP contribution in [0.25, 0.3) is 5.65 Å². The second-order valence-electron chi connectivity index (χ2n) is 7.83. The molecule has 0 N–H and O–H groups in total. The largest absolute Gasteiger partial charge is 0.534 e. The molecule has 1 saturated heterocycles. The number of nitrogens with zero attached hydrogens (tertiary/aromatic N) is 5. The van der Waals surface area contributed by atoms with E-state index in [0.717, 1.165) is 6.07 Å². The Balaban J connectivity index is 1.77. The zero-order chi connectivity index (χ0) is 26.3. The zero-order valence-electron chi connectivity index (χ0n) is 19.1. The van der Waals surface area contributed by atoms with Gasteiger partial charge in [-0.05, 0) is 38.3 Å². The van der Waals surface area contributed by atoms with Gasteiger partial charge >= 0.3 is 21.6 Å². The number of rotatable bonds is 7. The molecule has 0 spiro atoms. The molecule has 3 aromatic heterocycles. The molecule has 194 valence electrons. The van der Waals surface area contributed by atoms with Crippen molar-refractivity contribution in [1.82, 2.24) is 19.6 Å². The number of hydrogen-bond donors (Lipinski definition) is 0. The molecule has 4 heterocycles. The van der Waals surface area contributed by atoms with Crippen molar-refractivity contribution < 1.29 is 39.7 Å². The Morgan fingerprint density at radius 1 is 1.28 bits per heavy atom. The van der Waals surface area contributed by atoms with Crippen molar-refractivity contribution >= 4 is 27.6 Å². The van der Waals surface area contributed by atoms with Gasteiger partial charge in [0.2, 0.25) is 5.88 Å². The standard InChI is InChI=1S/C21H21F4N5O5S/c1-3-14-17(20(31)34-4-2)18-27-16(7-9-30(18)28-14)29-8-5-6-15(29)13-10-12(22)11-26-19(13)35-36(32,33)21(23,24)25/h7,9-11,15H,3-6,8H2,1-2H3/t15-/m1/s1. The molecule has 0 saturated carbocycles. The van der Waals surface area contributed by atoms with E-state index in [9.17, 15) is 30.8 Å². The van der Waals surface area contributed by atoms with Crippen molar-refractivity contribution in [2.24, 2.45) is 0 Å². The van der Waals surface area contributed by atoms with E-state index in [1.807, 2.05) is 6.92 Å². The summed E-state index contributed by atoms with van der Waals surface area (Å²) in [4.78, 5) is 22.2. The summed E-state index contributed by atoms with van der Waals surface area (Å²) in [7, 11) is -6.03. The molecule has 0 unspecified atom stereocenters. The third kappa shape index (κ3) is 4.66. The number of anilines is 1. The van der Waals surface area contributed by atoms with Gasteiger partial charge < -0.3 is 13.8 Å². The summed E-state index contributed by atoms with van der Waals surface area (Å²) in [5, 5.41) is 4.35. The van der Waals surface area contributed by atoms with Crippen molar-refractivity contribution in [3.63, 3.8) is 0 Å². The van der Waals surface area contributed by atoms with E-state index >= 15 is 0 Å². The van der Waals surface area contributed by atoms with Gasteiger partial charge in [-0.2, -0.15) is 26.7 Å². The van der Waals surface area contributed by atoms with Crippen molar-refractivity contribution in [3.05, 3.63) is 47.2 Å². The highest BCUT2D eigenvalue weighted by Gasteiger charge is 2.49. The summed E-state index contributed by atoms with van der Waals surface area (Å²) < 4.78 is 86.8. The Morgan fingerprint density at radius 3 is 2.69 bits per heavy atom. The molecule has 36 heavy (non-hydrogen) atoms. The van der Waals surface area contributed by atoms with Gasteiger partial charge in [0.05, 0.1) is 24.5 Å². The van der Waals surface area contributed by atoms with E-state index in [2.05, 4.69) is 19.2 Å². The van der Waals surface area contributed by atoms with E-state index in [-0.39, 0.29) is 23.4 Å². The van der Waals surface area contributed by atoms with E-state index in [1.165, 1.54) is 4.52 Å². The molecule has 15 heteroatoms. The third-order valence-electron chi connectivity index (χ3n) is 5.58. The van der Waals surface area contributed by atoms with Gasteiger partial charge in [0, 0.05) is 18.3 Å². The van der Waals surface area contributed by atoms with Crippen molar-refractivity contribution in [2.75, 3.05) is 18.1 Å². The molecule has 4 rings (SSSR count). The molecule has 1 aliphatic heterocycles. The lowest BCUT2D eigenvalue weighted by Crippen LogP contribution is -2.30. The number of aryl methyl sites for hydroxylation is 1. The summed E-state index contributed by atoms with van der Waals surface area (Å²) in [5.74, 6) is -2.05. The number of pyridine rings is 1. The van der Waals surface area contributed by atoms with E-state index in [0.29, 0.717) is 43.5 Å². The van der Waals surface area contributed by atoms with Crippen LogP contribution >= 0.6 is 0 Å². The lowest BCUT2D eigenvalue weighted by molar-refractivity contribution is -0.0501. The predicted molar refractivity (Wildman–Crippen MR) is 117 cm³/mol. The number of halogens is 4. The van der Waals surface area contributed by atoms with Gasteiger partial charge in [-0.25, -0.2) is 23.7 Å². The second-order valence-corrected chi connectivity index (χ2v) is 9.37. The van der Waals surface area contributed by atoms with Crippen LogP contribution in [0.3, 0.4) is 0 Å². The van der Waals surface area contributed by atoms with Crippen LogP contribution in [0.1, 0.15) is 54.3 Å². The van der Waals surface area contributed by atoms with E-state index in [1.54, 1.807) is 24.1 Å². The Morgan fingerprint density at radius 2 is 2.03 bits per heavy atom. The number of fused-ring (bicyclic) bond motifs is 1. The number of ether oxygens (including phenoxy) is 1. The number of alkyl halides is 3. The Labute approximate surface area is 203 Å². The fourth-order valence-corrected chi connectivity index (χ4v) is 4.49. The Hall–Kier alpha value is -3.49. The lowest BCUT2D eigenvalue weighted by Gasteiger charge is -2.27. The second kappa shape index (κ2) is 9.52. The van der Waals surface area contributed by atoms with E-state index in [4.69, 9.17) is 4.74 Å². The normalized spacial score (nSPS) is 16.5. The van der Waals surface area contributed by atoms with Gasteiger partial charge in [0.25, 0.3) is 0 Å². The van der Waals surface area contributed by atoms with Crippen LogP contribution in [0.2, 0.25) is 0 Å². The van der Waals surface area contributed by atoms with Crippen molar-refractivity contribution in [2.45, 2.75) is 44.7 Å². The molecule has 1 fully saturated rings. The first-order valence-electron chi connectivity index (χ1n) is 10.9. The highest BCUT2D eigenvalue weighted by atomic mass is 32.2. The maximum absolute atomic E-state index is 14.1. The molecule has 10 nitrogen and oxygen atoms in total. The van der Waals surface area contributed by atoms with Gasteiger partial charge in [0.1, 0.15) is 17.2 Å². The van der Waals surface area contributed by atoms with Crippen molar-refractivity contribution in [3.8, 4) is 5.88 Å². The zero-order valence-corrected chi connectivity index (χ0v) is 19.9. The van der Waals surface area contributed by atoms with E-state index < -0.39 is 39.3 Å². The molecular weight excluding hydrogens is 510 g/mol. The van der Waals surface area contributed by atoms with Crippen LogP contribution in [0, 0.1) is 5.82 Å². The smallest absolute Gasteiger partial charge is 0.462 e. The Kier molecular flexibility index (Phi) is 6.77. The summed E-state index contributed by atoms with van der Waals surface area (Å²) in [6.45, 7) is 3.98. The lowest BCUT2D eigenvalue weighted by atomic mass is 10.1. The van der Waals surface area contributed by atoms with Crippen molar-refractivity contribution in [1.29, 1.82) is 0 Å². The van der Waals surface area contributed by atoms with Crippen LogP contribution in [-0.2, 0) is 21.3 Å². The molecule has 0 bridgehead atoms. The first-order valence-corrected chi connectivity index (χ1v) is 12.4. The molecule has 0 aliphatic carbocycles. The third-order valence-corrected chi connectivity index (χ3v) is 6.53. The van der Waals surface area contributed by atoms with Gasteiger partial charge in [-0.15, -0.1) is 0 Å². The minimum atomic E-state index is -6.03. The molecule has 0 amide bonds. The maximum Gasteiger partial charge on any atom is 0.534 e. The summed E-state index contributed by atoms with van der Waals surface area (Å²) in [5.41, 5.74) is -5.01. The average molecular weight is 531 g/mol. The van der Waals surface area contributed by atoms with Crippen LogP contribution < -0.4 is 9.08 Å². The van der Waals surface area contributed by atoms with Gasteiger partial charge in [-0.3, -0.25) is 0 Å². The molecule has 0 aromatic carbocycles. The molecular formula is C21H21F4N5O5S. The molecule has 1 atom stereocenters. The van der Waals surface area contributed by atoms with Crippen LogP contribution in [0.5, 0.6) is 5.88 Å². The fourth-order valence-electron chi connectivity index (χ4n) is 4.05. The summed E-state index contributed by atoms with van der Waals surface area (Å²) in [6, 6.07) is 1.65. The summed E-state index contributed by atoms with van der Waals surface area (Å²) >= 11 is 0. The fraction of sp³-hybridized carbons (Fsp3) is 0.429. The number of carbonyl (C=O) groups is 1. The van der Waals surface area contributed by atoms with Crippen LogP contribution in [0.15, 0.2) is 24.5 Å². The van der Waals surface area contributed by atoms with Crippen LogP contribution in [0.4, 0.5) is 23.4 Å². The van der Waals surface area contributed by atoms with Gasteiger partial charge in [-0.1, -0.05) is 6.92 Å². The SMILES string of the molecule is CCOC(=O)c1c(CC)nn2ccc(N3CCC[C@@H]3c3cc(F)cnc3OS(=O)(=O)C(F)(F)F)nc12. The average Bonchev–Trinajstić information content (AvgIpc) is 3.43. The first-order chi connectivity index (χ1) is 17.0. The number of aromatic nitrogens is 4. The number of carbonyl (C=O) groups excluding carboxylic acids is 1. The predicted octanol–water partition coefficient (Wildman–Crippen LogP) is 3.57. The topological polar surface area (TPSA) is 116 Å². The highest BCUT2D eigenvalue weighted by molar-refractivity contribution is 7.87. The minimum Gasteiger partial charge on any atom is -0.462 e. The maximum atomic E-state index is 14.1. The molecule has 3 aromatic rings. The number of esters is 1. The van der Waals surface area contributed by atoms with Gasteiger partial charge in [0.15, 0.2) is 5.65 Å². The molecule has 0 radical (unpaired) electrons. The van der Waals surface area contributed by atoms with Crippen LogP contribution in [-0.4, -0.2) is 52.6 Å². The Bertz CT molecular complexity index is 1410. The first kappa shape index (κ1) is 25.6. The quantitative estimate of drug-likeness (QED) is 0.195. The number of hydrogen-bond acceptors (Lipinski definition) is 9. The highest BCUT2D eigenvalue weighted by Crippen LogP contribution is 2.40. The monoisotopic (exact) mass is 531 g/mol. The minimum absolute atomic E-state index is 0.142.